The van der Waals surface area contributed by atoms with E-state index in [0.717, 1.165) is 26.1 Å². The molecule has 2 rings (SSSR count). The summed E-state index contributed by atoms with van der Waals surface area (Å²) in [5.41, 5.74) is 5.79. The summed E-state index contributed by atoms with van der Waals surface area (Å²) in [6, 6.07) is -0.500. The molecule has 2 N–H and O–H groups in total. The van der Waals surface area contributed by atoms with Crippen LogP contribution in [0, 0.1) is 5.92 Å². The summed E-state index contributed by atoms with van der Waals surface area (Å²) >= 11 is 0. The molecule has 0 saturated carbocycles. The monoisotopic (exact) mass is 255 g/mol. The van der Waals surface area contributed by atoms with Gasteiger partial charge in [-0.15, -0.1) is 0 Å². The topological polar surface area (TPSA) is 58.8 Å². The minimum atomic E-state index is -0.500. The van der Waals surface area contributed by atoms with Crippen molar-refractivity contribution in [1.82, 2.24) is 9.80 Å². The molecule has 104 valence electrons. The second kappa shape index (κ2) is 6.50. The molecule has 2 aliphatic heterocycles. The number of ether oxygens (including phenoxy) is 1. The van der Waals surface area contributed by atoms with Crippen molar-refractivity contribution in [3.63, 3.8) is 0 Å². The van der Waals surface area contributed by atoms with Crippen molar-refractivity contribution in [1.29, 1.82) is 0 Å². The van der Waals surface area contributed by atoms with Gasteiger partial charge in [0.05, 0.1) is 6.61 Å². The zero-order valence-corrected chi connectivity index (χ0v) is 11.3. The summed E-state index contributed by atoms with van der Waals surface area (Å²) in [7, 11) is 1.58. The molecular formula is C13H25N3O2. The van der Waals surface area contributed by atoms with E-state index >= 15 is 0 Å². The van der Waals surface area contributed by atoms with Crippen molar-refractivity contribution in [3.8, 4) is 0 Å². The number of methoxy groups -OCH3 is 1. The van der Waals surface area contributed by atoms with Crippen LogP contribution in [0.25, 0.3) is 0 Å². The highest BCUT2D eigenvalue weighted by Gasteiger charge is 2.30. The number of hydrogen-bond acceptors (Lipinski definition) is 4. The third-order valence-corrected chi connectivity index (χ3v) is 3.98. The zero-order valence-electron chi connectivity index (χ0n) is 11.3. The van der Waals surface area contributed by atoms with Crippen LogP contribution in [0.3, 0.4) is 0 Å². The van der Waals surface area contributed by atoms with Gasteiger partial charge in [-0.25, -0.2) is 0 Å². The molecule has 5 heteroatoms. The van der Waals surface area contributed by atoms with Crippen molar-refractivity contribution in [2.24, 2.45) is 11.7 Å². The van der Waals surface area contributed by atoms with Crippen molar-refractivity contribution in [2.75, 3.05) is 46.4 Å². The molecule has 0 aromatic rings. The van der Waals surface area contributed by atoms with Crippen molar-refractivity contribution < 1.29 is 9.53 Å². The standard InChI is InChI=1S/C13H25N3O2/c1-18-10-12(14)13(17)16-7-4-11(9-16)8-15-5-2-3-6-15/h11-12H,2-10,14H2,1H3. The van der Waals surface area contributed by atoms with Gasteiger partial charge < -0.3 is 20.3 Å². The van der Waals surface area contributed by atoms with Crippen molar-refractivity contribution in [2.45, 2.75) is 25.3 Å². The summed E-state index contributed by atoms with van der Waals surface area (Å²) in [4.78, 5) is 16.5. The van der Waals surface area contributed by atoms with Crippen molar-refractivity contribution >= 4 is 5.91 Å². The lowest BCUT2D eigenvalue weighted by molar-refractivity contribution is -0.132. The van der Waals surface area contributed by atoms with Gasteiger partial charge in [-0.2, -0.15) is 0 Å². The van der Waals surface area contributed by atoms with Gasteiger partial charge in [-0.3, -0.25) is 4.79 Å². The second-order valence-corrected chi connectivity index (χ2v) is 5.51. The number of carbonyl (C=O) groups excluding carboxylic acids is 1. The Labute approximate surface area is 109 Å². The van der Waals surface area contributed by atoms with Gasteiger partial charge in [-0.05, 0) is 38.3 Å². The molecule has 0 bridgehead atoms. The first-order chi connectivity index (χ1) is 8.70. The van der Waals surface area contributed by atoms with E-state index in [1.54, 1.807) is 7.11 Å². The van der Waals surface area contributed by atoms with Crippen LogP contribution in [0.15, 0.2) is 0 Å². The molecule has 5 nitrogen and oxygen atoms in total. The van der Waals surface area contributed by atoms with Crippen LogP contribution in [0.2, 0.25) is 0 Å². The molecule has 0 spiro atoms. The maximum Gasteiger partial charge on any atom is 0.241 e. The van der Waals surface area contributed by atoms with E-state index in [4.69, 9.17) is 10.5 Å². The summed E-state index contributed by atoms with van der Waals surface area (Å²) < 4.78 is 4.94. The first-order valence-corrected chi connectivity index (χ1v) is 6.96. The number of nitrogens with zero attached hydrogens (tertiary/aromatic N) is 2. The van der Waals surface area contributed by atoms with Gasteiger partial charge in [0.15, 0.2) is 0 Å². The fourth-order valence-corrected chi connectivity index (χ4v) is 3.00. The molecule has 2 atom stereocenters. The van der Waals surface area contributed by atoms with E-state index in [1.807, 2.05) is 4.90 Å². The van der Waals surface area contributed by atoms with E-state index in [-0.39, 0.29) is 5.91 Å². The molecule has 2 saturated heterocycles. The summed E-state index contributed by atoms with van der Waals surface area (Å²) in [5.74, 6) is 0.669. The summed E-state index contributed by atoms with van der Waals surface area (Å²) in [6.45, 7) is 5.64. The normalized spacial score (nSPS) is 26.8. The third-order valence-electron chi connectivity index (χ3n) is 3.98. The second-order valence-electron chi connectivity index (χ2n) is 5.51. The Hall–Kier alpha value is -0.650. The Kier molecular flexibility index (Phi) is 4.97. The summed E-state index contributed by atoms with van der Waals surface area (Å²) in [6.07, 6.45) is 3.77. The van der Waals surface area contributed by atoms with Crippen LogP contribution in [0.4, 0.5) is 0 Å². The highest BCUT2D eigenvalue weighted by Crippen LogP contribution is 2.20. The molecule has 2 fully saturated rings. The average molecular weight is 255 g/mol. The Morgan fingerprint density at radius 2 is 2.11 bits per heavy atom. The highest BCUT2D eigenvalue weighted by atomic mass is 16.5. The van der Waals surface area contributed by atoms with Crippen LogP contribution in [0.5, 0.6) is 0 Å². The van der Waals surface area contributed by atoms with Gasteiger partial charge in [0.2, 0.25) is 5.91 Å². The molecule has 0 radical (unpaired) electrons. The largest absolute Gasteiger partial charge is 0.383 e. The fraction of sp³-hybridized carbons (Fsp3) is 0.923. The Morgan fingerprint density at radius 1 is 1.39 bits per heavy atom. The smallest absolute Gasteiger partial charge is 0.241 e. The average Bonchev–Trinajstić information content (AvgIpc) is 3.00. The molecule has 2 unspecified atom stereocenters. The van der Waals surface area contributed by atoms with E-state index in [0.29, 0.717) is 12.5 Å². The molecule has 2 aliphatic rings. The van der Waals surface area contributed by atoms with E-state index in [9.17, 15) is 4.79 Å². The van der Waals surface area contributed by atoms with Crippen LogP contribution in [-0.4, -0.2) is 68.2 Å². The van der Waals surface area contributed by atoms with Gasteiger partial charge >= 0.3 is 0 Å². The lowest BCUT2D eigenvalue weighted by Crippen LogP contribution is -2.45. The maximum atomic E-state index is 12.0. The number of likely N-dealkylation sites (tertiary alicyclic amines) is 2. The lowest BCUT2D eigenvalue weighted by atomic mass is 10.1. The predicted octanol–water partition coefficient (Wildman–Crippen LogP) is -0.0956. The van der Waals surface area contributed by atoms with Crippen LogP contribution < -0.4 is 5.73 Å². The third kappa shape index (κ3) is 3.43. The number of hydrogen-bond donors (Lipinski definition) is 1. The molecule has 2 heterocycles. The van der Waals surface area contributed by atoms with Gasteiger partial charge in [-0.1, -0.05) is 0 Å². The Bertz CT molecular complexity index is 279. The first-order valence-electron chi connectivity index (χ1n) is 6.96. The molecular weight excluding hydrogens is 230 g/mol. The molecule has 1 amide bonds. The minimum Gasteiger partial charge on any atom is -0.383 e. The zero-order chi connectivity index (χ0) is 13.0. The number of carbonyl (C=O) groups is 1. The number of rotatable bonds is 5. The van der Waals surface area contributed by atoms with E-state index in [2.05, 4.69) is 4.90 Å². The van der Waals surface area contributed by atoms with Crippen LogP contribution in [-0.2, 0) is 9.53 Å². The molecule has 0 aromatic heterocycles. The Morgan fingerprint density at radius 3 is 2.78 bits per heavy atom. The van der Waals surface area contributed by atoms with Gasteiger partial charge in [0.1, 0.15) is 6.04 Å². The number of nitrogens with two attached hydrogens (primary N) is 1. The molecule has 0 aromatic carbocycles. The molecule has 18 heavy (non-hydrogen) atoms. The summed E-state index contributed by atoms with van der Waals surface area (Å²) in [5, 5.41) is 0. The fourth-order valence-electron chi connectivity index (χ4n) is 3.00. The quantitative estimate of drug-likeness (QED) is 0.745. The SMILES string of the molecule is COCC(N)C(=O)N1CCC(CN2CCCC2)C1. The van der Waals surface area contributed by atoms with Crippen LogP contribution in [0.1, 0.15) is 19.3 Å². The van der Waals surface area contributed by atoms with Gasteiger partial charge in [0.25, 0.3) is 0 Å². The number of amides is 1. The maximum absolute atomic E-state index is 12.0. The molecule has 0 aliphatic carbocycles. The van der Waals surface area contributed by atoms with E-state index in [1.165, 1.54) is 25.9 Å². The predicted molar refractivity (Wildman–Crippen MR) is 70.2 cm³/mol. The first kappa shape index (κ1) is 13.8. The van der Waals surface area contributed by atoms with Crippen molar-refractivity contribution in [3.05, 3.63) is 0 Å². The highest BCUT2D eigenvalue weighted by molar-refractivity contribution is 5.82. The minimum absolute atomic E-state index is 0.0424. The lowest BCUT2D eigenvalue weighted by Gasteiger charge is -2.22. The van der Waals surface area contributed by atoms with E-state index < -0.39 is 6.04 Å². The Balaban J connectivity index is 1.75. The van der Waals surface area contributed by atoms with Crippen LogP contribution >= 0.6 is 0 Å². The van der Waals surface area contributed by atoms with Gasteiger partial charge in [0, 0.05) is 26.7 Å².